The van der Waals surface area contributed by atoms with Crippen LogP contribution in [0.2, 0.25) is 0 Å². The predicted molar refractivity (Wildman–Crippen MR) is 346 cm³/mol. The average Bonchev–Trinajstić information content (AvgIpc) is 0.758. The molecule has 0 radical (unpaired) electrons. The second kappa shape index (κ2) is 33.2. The van der Waals surface area contributed by atoms with E-state index in [9.17, 15) is 86.6 Å². The van der Waals surface area contributed by atoms with Crippen LogP contribution in [0.1, 0.15) is 164 Å². The predicted octanol–water partition coefficient (Wildman–Crippen LogP) is 16.0. The fourth-order valence-corrected chi connectivity index (χ4v) is 12.7. The summed E-state index contributed by atoms with van der Waals surface area (Å²) >= 11 is 0. The molecule has 2 aromatic heterocycles. The minimum Gasteiger partial charge on any atom is -0.481 e. The molecular weight excluding hydrogens is 1420 g/mol. The third kappa shape index (κ3) is 19.8. The third-order valence-corrected chi connectivity index (χ3v) is 17.8. The zero-order valence-corrected chi connectivity index (χ0v) is 57.7. The molecule has 2 unspecified atom stereocenters. The number of likely N-dealkylation sites (tertiary alicyclic amines) is 2. The van der Waals surface area contributed by atoms with E-state index in [0.29, 0.717) is 54.0 Å². The molecule has 4 heterocycles. The van der Waals surface area contributed by atoms with Crippen LogP contribution in [0.15, 0.2) is 70.5 Å². The first-order chi connectivity index (χ1) is 48.2. The Morgan fingerprint density at radius 3 is 1.13 bits per heavy atom. The maximum atomic E-state index is 16.5. The Balaban J connectivity index is 0.000000291. The van der Waals surface area contributed by atoms with E-state index in [-0.39, 0.29) is 79.8 Å². The number of halogens is 18. The summed E-state index contributed by atoms with van der Waals surface area (Å²) in [6, 6.07) is -2.55. The topological polar surface area (TPSA) is 172 Å². The summed E-state index contributed by atoms with van der Waals surface area (Å²) in [6.45, 7) is 16.2. The molecule has 4 atom stereocenters. The zero-order chi connectivity index (χ0) is 77.7. The molecule has 32 heteroatoms. The lowest BCUT2D eigenvalue weighted by Crippen LogP contribution is -2.41. The van der Waals surface area contributed by atoms with Crippen molar-refractivity contribution < 1.29 is 108 Å². The van der Waals surface area contributed by atoms with E-state index >= 15 is 26.3 Å². The van der Waals surface area contributed by atoms with Gasteiger partial charge in [-0.15, -0.1) is 0 Å². The summed E-state index contributed by atoms with van der Waals surface area (Å²) in [6.07, 6.45) is -20.6. The molecule has 0 spiro atoms. The van der Waals surface area contributed by atoms with Gasteiger partial charge in [0.25, 0.3) is 11.1 Å². The molecule has 2 saturated heterocycles. The molecular formula is C72H76F18N6O8. The molecule has 14 nitrogen and oxygen atoms in total. The minimum absolute atomic E-state index is 0.00153. The Morgan fingerprint density at radius 2 is 0.846 bits per heavy atom. The van der Waals surface area contributed by atoms with E-state index < -0.39 is 199 Å². The summed E-state index contributed by atoms with van der Waals surface area (Å²) in [5, 5.41) is 13.9. The first-order valence-corrected chi connectivity index (χ1v) is 33.0. The van der Waals surface area contributed by atoms with E-state index in [1.807, 2.05) is 9.80 Å². The number of carbonyl (C=O) groups is 4. The number of nitrogens with one attached hydrogen (secondary N) is 2. The highest BCUT2D eigenvalue weighted by atomic mass is 19.4. The molecule has 8 rings (SSSR count). The van der Waals surface area contributed by atoms with Crippen LogP contribution in [0.25, 0.3) is 22.3 Å². The normalized spacial score (nSPS) is 15.0. The summed E-state index contributed by atoms with van der Waals surface area (Å²) < 4.78 is 271. The quantitative estimate of drug-likeness (QED) is 0.0370. The van der Waals surface area contributed by atoms with Crippen LogP contribution in [0, 0.1) is 74.4 Å². The van der Waals surface area contributed by atoms with E-state index in [4.69, 9.17) is 4.74 Å². The Bertz CT molecular complexity index is 4260. The van der Waals surface area contributed by atoms with E-state index in [0.717, 1.165) is 41.9 Å². The Hall–Kier alpha value is -8.68. The molecule has 6 aromatic rings. The smallest absolute Gasteiger partial charge is 0.419 e. The van der Waals surface area contributed by atoms with Crippen molar-refractivity contribution in [3.63, 3.8) is 0 Å². The molecule has 2 aliphatic rings. The summed E-state index contributed by atoms with van der Waals surface area (Å²) in [5.74, 6) is -16.6. The number of carbonyl (C=O) groups excluding carboxylic acids is 3. The minimum atomic E-state index is -5.49. The lowest BCUT2D eigenvalue weighted by atomic mass is 9.90. The number of carboxylic acids is 1. The monoisotopic (exact) mass is 1490 g/mol. The van der Waals surface area contributed by atoms with Crippen LogP contribution in [0.5, 0.6) is 0 Å². The highest BCUT2D eigenvalue weighted by molar-refractivity contribution is 5.83. The highest BCUT2D eigenvalue weighted by Crippen LogP contribution is 2.45. The largest absolute Gasteiger partial charge is 0.481 e. The molecule has 0 saturated carbocycles. The van der Waals surface area contributed by atoms with Gasteiger partial charge in [0, 0.05) is 71.0 Å². The number of aromatic nitrogens is 2. The summed E-state index contributed by atoms with van der Waals surface area (Å²) in [5.41, 5.74) is -15.3. The highest BCUT2D eigenvalue weighted by Gasteiger charge is 2.44. The molecule has 2 aliphatic heterocycles. The van der Waals surface area contributed by atoms with Crippen LogP contribution < -0.4 is 21.8 Å². The summed E-state index contributed by atoms with van der Waals surface area (Å²) in [7, 11) is 0. The van der Waals surface area contributed by atoms with Crippen LogP contribution in [0.4, 0.5) is 79.0 Å². The number of nitrogens with zero attached hydrogens (tertiary/aromatic N) is 4. The van der Waals surface area contributed by atoms with Crippen molar-refractivity contribution in [3.05, 3.63) is 183 Å². The van der Waals surface area contributed by atoms with Crippen molar-refractivity contribution in [2.24, 2.45) is 11.8 Å². The second-order valence-electron chi connectivity index (χ2n) is 26.7. The van der Waals surface area contributed by atoms with Gasteiger partial charge in [-0.2, -0.15) is 52.7 Å². The van der Waals surface area contributed by atoms with Crippen LogP contribution in [0.3, 0.4) is 0 Å². The van der Waals surface area contributed by atoms with Gasteiger partial charge in [-0.05, 0) is 169 Å². The van der Waals surface area contributed by atoms with Crippen molar-refractivity contribution in [3.8, 4) is 22.3 Å². The van der Waals surface area contributed by atoms with Gasteiger partial charge in [-0.25, -0.2) is 26.3 Å². The van der Waals surface area contributed by atoms with Crippen LogP contribution in [-0.2, 0) is 61.5 Å². The SMILES string of the molecule is CCOC(=O)C[C@H](NC(=O)C(CC(C)C)n1cc(CCN2CCC2)c(C(F)(F)F)cc1=O)c1c(F)c(-c2c(C)cc(C)cc2F)cc(C(F)(F)F)c1F.Cc1cc(C)c(-c2cc(C(F)(F)F)c(F)c([C@H](CC(=O)O)NC(=O)C(CC(C)C)n3cc(CCN4CCC4)c(C(F)(F)F)cc3=O)c2F)c(F)c1. The van der Waals surface area contributed by atoms with Gasteiger partial charge in [-0.1, -0.05) is 39.8 Å². The van der Waals surface area contributed by atoms with Gasteiger partial charge < -0.3 is 39.4 Å². The average molecular weight is 1500 g/mol. The number of aryl methyl sites for hydroxylation is 4. The van der Waals surface area contributed by atoms with Crippen LogP contribution >= 0.6 is 0 Å². The first-order valence-electron chi connectivity index (χ1n) is 33.0. The van der Waals surface area contributed by atoms with Crippen molar-refractivity contribution >= 4 is 23.8 Å². The fourth-order valence-electron chi connectivity index (χ4n) is 12.7. The zero-order valence-electron chi connectivity index (χ0n) is 57.7. The molecule has 568 valence electrons. The van der Waals surface area contributed by atoms with Crippen molar-refractivity contribution in [2.45, 2.75) is 163 Å². The molecule has 2 amide bonds. The molecule has 4 aromatic carbocycles. The van der Waals surface area contributed by atoms with Gasteiger partial charge in [0.15, 0.2) is 0 Å². The third-order valence-electron chi connectivity index (χ3n) is 17.8. The number of hydrogen-bond donors (Lipinski definition) is 3. The van der Waals surface area contributed by atoms with Crippen molar-refractivity contribution in [2.75, 3.05) is 45.9 Å². The molecule has 0 bridgehead atoms. The lowest BCUT2D eigenvalue weighted by Gasteiger charge is -2.31. The summed E-state index contributed by atoms with van der Waals surface area (Å²) in [4.78, 5) is 82.9. The number of esters is 1. The van der Waals surface area contributed by atoms with E-state index in [2.05, 4.69) is 10.6 Å². The molecule has 2 fully saturated rings. The van der Waals surface area contributed by atoms with Crippen molar-refractivity contribution in [1.29, 1.82) is 0 Å². The maximum absolute atomic E-state index is 16.5. The van der Waals surface area contributed by atoms with Gasteiger partial charge in [-0.3, -0.25) is 28.8 Å². The Labute approximate surface area is 585 Å². The maximum Gasteiger partial charge on any atom is 0.419 e. The van der Waals surface area contributed by atoms with Crippen molar-refractivity contribution in [1.82, 2.24) is 29.6 Å². The lowest BCUT2D eigenvalue weighted by molar-refractivity contribution is -0.144. The van der Waals surface area contributed by atoms with Gasteiger partial charge >= 0.3 is 36.6 Å². The fraction of sp³-hybridized carbons (Fsp3) is 0.472. The number of carboxylic acid groups (broad SMARTS) is 1. The van der Waals surface area contributed by atoms with Gasteiger partial charge in [0.1, 0.15) is 47.0 Å². The number of benzene rings is 4. The molecule has 0 aliphatic carbocycles. The number of rotatable bonds is 25. The number of aliphatic carboxylic acids is 1. The number of amides is 2. The Kier molecular flexibility index (Phi) is 26.4. The number of alkyl halides is 12. The standard InChI is InChI=1S/C37H40F9N3O4.C35H36F9N3O4/c1-6-53-30(51)17-27(32-33(39)23(15-25(34(32)40)37(44,45)46)31-21(5)13-20(4)14-26(31)38)47-35(52)28(12-19(2)3)49-18-22(8-11-48-9-7-10-48)24(16-29(49)50)36(41,42)43;1-17(2)10-26(47-16-20(6-9-46-7-5-8-46)22(14-27(47)48)34(39,40)41)33(51)45-25(15-28(49)50)30-31(37)21(13-23(32(30)38)35(42,43)44)29-19(4)11-18(3)12-24(29)36/h13-16,18-19,27-28H,6-12,17H2,1-5H3,(H,47,52);11-14,16-17,25-26H,5-10,15H2,1-4H3,(H,45,51)(H,49,50)/t27-,28?;25-,26?/m00/s1. The van der Waals surface area contributed by atoms with Gasteiger partial charge in [0.05, 0.1) is 53.8 Å². The second-order valence-corrected chi connectivity index (χ2v) is 26.7. The van der Waals surface area contributed by atoms with Crippen LogP contribution in [-0.4, -0.2) is 93.7 Å². The number of hydrogen-bond acceptors (Lipinski definition) is 9. The molecule has 104 heavy (non-hydrogen) atoms. The van der Waals surface area contributed by atoms with Gasteiger partial charge in [0.2, 0.25) is 11.8 Å². The number of pyridine rings is 2. The Morgan fingerprint density at radius 1 is 0.500 bits per heavy atom. The van der Waals surface area contributed by atoms with E-state index in [1.165, 1.54) is 46.8 Å². The first kappa shape index (κ1) is 82.6. The molecule has 3 N–H and O–H groups in total. The number of ether oxygens (including phenoxy) is 1. The van der Waals surface area contributed by atoms with E-state index in [1.54, 1.807) is 27.7 Å².